The van der Waals surface area contributed by atoms with Gasteiger partial charge in [-0.15, -0.1) is 12.4 Å². The Morgan fingerprint density at radius 1 is 1.26 bits per heavy atom. The molecule has 1 rings (SSSR count). The molecule has 4 nitrogen and oxygen atoms in total. The zero-order valence-corrected chi connectivity index (χ0v) is 14.4. The van der Waals surface area contributed by atoms with Crippen molar-refractivity contribution in [2.75, 3.05) is 19.6 Å². The van der Waals surface area contributed by atoms with Crippen LogP contribution in [0.15, 0.2) is 27.6 Å². The Morgan fingerprint density at radius 2 is 1.95 bits per heavy atom. The van der Waals surface area contributed by atoms with Crippen molar-refractivity contribution in [3.63, 3.8) is 0 Å². The lowest BCUT2D eigenvalue weighted by Gasteiger charge is -2.08. The summed E-state index contributed by atoms with van der Waals surface area (Å²) in [7, 11) is -3.47. The summed E-state index contributed by atoms with van der Waals surface area (Å²) in [5.74, 6) is 0. The molecule has 8 heteroatoms. The number of sulfonamides is 1. The molecular formula is C11H17BrCl2N2O2S. The molecule has 1 aromatic carbocycles. The smallest absolute Gasteiger partial charge is 0.240 e. The lowest BCUT2D eigenvalue weighted by molar-refractivity contribution is 0.575. The number of nitrogens with one attached hydrogen (secondary N) is 2. The van der Waals surface area contributed by atoms with Crippen LogP contribution in [0.5, 0.6) is 0 Å². The Morgan fingerprint density at radius 3 is 2.53 bits per heavy atom. The first-order valence-electron chi connectivity index (χ1n) is 5.63. The molecule has 0 saturated heterocycles. The van der Waals surface area contributed by atoms with Crippen molar-refractivity contribution in [3.05, 3.63) is 27.7 Å². The van der Waals surface area contributed by atoms with Crippen molar-refractivity contribution in [2.45, 2.75) is 18.2 Å². The van der Waals surface area contributed by atoms with Gasteiger partial charge in [0.15, 0.2) is 0 Å². The predicted molar refractivity (Wildman–Crippen MR) is 84.7 cm³/mol. The average molecular weight is 392 g/mol. The van der Waals surface area contributed by atoms with Crippen LogP contribution in [0.4, 0.5) is 0 Å². The summed E-state index contributed by atoms with van der Waals surface area (Å²) in [6.45, 7) is 3.92. The zero-order chi connectivity index (χ0) is 13.6. The fraction of sp³-hybridized carbons (Fsp3) is 0.455. The van der Waals surface area contributed by atoms with Crippen LogP contribution in [-0.2, 0) is 10.0 Å². The second-order valence-electron chi connectivity index (χ2n) is 3.72. The minimum Gasteiger partial charge on any atom is -0.315 e. The third-order valence-corrected chi connectivity index (χ3v) is 4.89. The molecule has 0 amide bonds. The normalized spacial score (nSPS) is 11.1. The van der Waals surface area contributed by atoms with Crippen molar-refractivity contribution in [1.82, 2.24) is 10.0 Å². The molecule has 0 aromatic heterocycles. The first-order valence-corrected chi connectivity index (χ1v) is 8.28. The first-order chi connectivity index (χ1) is 8.47. The van der Waals surface area contributed by atoms with E-state index in [9.17, 15) is 8.42 Å². The molecule has 0 atom stereocenters. The summed E-state index contributed by atoms with van der Waals surface area (Å²) in [5, 5.41) is 3.61. The van der Waals surface area contributed by atoms with Crippen LogP contribution in [0.25, 0.3) is 0 Å². The van der Waals surface area contributed by atoms with Gasteiger partial charge >= 0.3 is 0 Å². The van der Waals surface area contributed by atoms with Crippen LogP contribution in [0, 0.1) is 0 Å². The third kappa shape index (κ3) is 6.42. The van der Waals surface area contributed by atoms with Crippen LogP contribution < -0.4 is 10.0 Å². The van der Waals surface area contributed by atoms with E-state index in [-0.39, 0.29) is 17.3 Å². The van der Waals surface area contributed by atoms with Gasteiger partial charge < -0.3 is 5.32 Å². The molecule has 0 bridgehead atoms. The fourth-order valence-electron chi connectivity index (χ4n) is 1.30. The van der Waals surface area contributed by atoms with E-state index >= 15 is 0 Å². The van der Waals surface area contributed by atoms with Crippen LogP contribution in [-0.4, -0.2) is 28.1 Å². The SMILES string of the molecule is CCCNCCNS(=O)(=O)c1ccc(Cl)c(Br)c1.Cl. The number of hydrogen-bond donors (Lipinski definition) is 2. The van der Waals surface area contributed by atoms with Crippen molar-refractivity contribution >= 4 is 50.0 Å². The van der Waals surface area contributed by atoms with Gasteiger partial charge in [0.25, 0.3) is 0 Å². The summed E-state index contributed by atoms with van der Waals surface area (Å²) in [4.78, 5) is 0.203. The number of halogens is 3. The van der Waals surface area contributed by atoms with E-state index in [4.69, 9.17) is 11.6 Å². The highest BCUT2D eigenvalue weighted by atomic mass is 79.9. The largest absolute Gasteiger partial charge is 0.315 e. The summed E-state index contributed by atoms with van der Waals surface area (Å²) in [6.07, 6.45) is 1.02. The van der Waals surface area contributed by atoms with Gasteiger partial charge in [-0.25, -0.2) is 13.1 Å². The van der Waals surface area contributed by atoms with Gasteiger partial charge in [0, 0.05) is 17.6 Å². The van der Waals surface area contributed by atoms with Gasteiger partial charge in [-0.2, -0.15) is 0 Å². The third-order valence-electron chi connectivity index (χ3n) is 2.22. The molecule has 0 spiro atoms. The Balaban J connectivity index is 0.00000324. The molecular weight excluding hydrogens is 375 g/mol. The minimum absolute atomic E-state index is 0. The molecule has 110 valence electrons. The van der Waals surface area contributed by atoms with Gasteiger partial charge in [-0.3, -0.25) is 0 Å². The van der Waals surface area contributed by atoms with Crippen LogP contribution in [0.1, 0.15) is 13.3 Å². The first kappa shape index (κ1) is 19.1. The number of hydrogen-bond acceptors (Lipinski definition) is 3. The highest BCUT2D eigenvalue weighted by Gasteiger charge is 2.14. The molecule has 0 aliphatic carbocycles. The Kier molecular flexibility index (Phi) is 9.23. The van der Waals surface area contributed by atoms with Gasteiger partial charge in [-0.1, -0.05) is 18.5 Å². The van der Waals surface area contributed by atoms with E-state index < -0.39 is 10.0 Å². The highest BCUT2D eigenvalue weighted by molar-refractivity contribution is 9.10. The number of benzene rings is 1. The van der Waals surface area contributed by atoms with E-state index in [0.717, 1.165) is 13.0 Å². The highest BCUT2D eigenvalue weighted by Crippen LogP contribution is 2.25. The van der Waals surface area contributed by atoms with Gasteiger partial charge in [0.05, 0.1) is 9.92 Å². The molecule has 0 saturated carbocycles. The number of rotatable bonds is 7. The maximum Gasteiger partial charge on any atom is 0.240 e. The summed E-state index contributed by atoms with van der Waals surface area (Å²) in [5.41, 5.74) is 0. The van der Waals surface area contributed by atoms with Crippen LogP contribution in [0.2, 0.25) is 5.02 Å². The lowest BCUT2D eigenvalue weighted by Crippen LogP contribution is -2.32. The summed E-state index contributed by atoms with van der Waals surface area (Å²) >= 11 is 9.02. The molecule has 0 radical (unpaired) electrons. The standard InChI is InChI=1S/C11H16BrClN2O2S.ClH/c1-2-5-14-6-7-15-18(16,17)9-3-4-11(13)10(12)8-9;/h3-4,8,14-15H,2,5-7H2,1H3;1H. The maximum atomic E-state index is 11.9. The van der Waals surface area contributed by atoms with Crippen LogP contribution in [0.3, 0.4) is 0 Å². The molecule has 1 aromatic rings. The van der Waals surface area contributed by atoms with Crippen molar-refractivity contribution in [2.24, 2.45) is 0 Å². The average Bonchev–Trinajstić information content (AvgIpc) is 2.32. The molecule has 0 aliphatic rings. The molecule has 0 heterocycles. The molecule has 0 fully saturated rings. The van der Waals surface area contributed by atoms with Crippen LogP contribution >= 0.6 is 39.9 Å². The molecule has 0 unspecified atom stereocenters. The van der Waals surface area contributed by atoms with Gasteiger partial charge in [0.1, 0.15) is 0 Å². The van der Waals surface area contributed by atoms with Crippen molar-refractivity contribution in [3.8, 4) is 0 Å². The zero-order valence-electron chi connectivity index (χ0n) is 10.4. The summed E-state index contributed by atoms with van der Waals surface area (Å²) in [6, 6.07) is 4.52. The second-order valence-corrected chi connectivity index (χ2v) is 6.75. The fourth-order valence-corrected chi connectivity index (χ4v) is 3.01. The van der Waals surface area contributed by atoms with Gasteiger partial charge in [0.2, 0.25) is 10.0 Å². The summed E-state index contributed by atoms with van der Waals surface area (Å²) < 4.78 is 26.9. The van der Waals surface area contributed by atoms with E-state index in [0.29, 0.717) is 22.6 Å². The van der Waals surface area contributed by atoms with E-state index in [1.54, 1.807) is 6.07 Å². The minimum atomic E-state index is -3.47. The maximum absolute atomic E-state index is 11.9. The van der Waals surface area contributed by atoms with Gasteiger partial charge in [-0.05, 0) is 47.1 Å². The second kappa shape index (κ2) is 9.15. The monoisotopic (exact) mass is 390 g/mol. The Hall–Kier alpha value is 0.150. The van der Waals surface area contributed by atoms with Crippen molar-refractivity contribution in [1.29, 1.82) is 0 Å². The lowest BCUT2D eigenvalue weighted by atomic mass is 10.4. The Labute approximate surface area is 133 Å². The molecule has 0 aliphatic heterocycles. The molecule has 19 heavy (non-hydrogen) atoms. The Bertz CT molecular complexity index is 497. The van der Waals surface area contributed by atoms with E-state index in [1.807, 2.05) is 0 Å². The molecule has 2 N–H and O–H groups in total. The topological polar surface area (TPSA) is 58.2 Å². The van der Waals surface area contributed by atoms with Crippen molar-refractivity contribution < 1.29 is 8.42 Å². The van der Waals surface area contributed by atoms with E-state index in [1.165, 1.54) is 12.1 Å². The quantitative estimate of drug-likeness (QED) is 0.702. The predicted octanol–water partition coefficient (Wildman–Crippen LogP) is 2.80. The van der Waals surface area contributed by atoms with E-state index in [2.05, 4.69) is 32.9 Å².